The number of aromatic nitrogens is 3. The molecular formula is C22H27N5O2. The van der Waals surface area contributed by atoms with Crippen molar-refractivity contribution >= 4 is 16.8 Å². The maximum atomic E-state index is 13.0. The summed E-state index contributed by atoms with van der Waals surface area (Å²) in [6.07, 6.45) is 2.85. The summed E-state index contributed by atoms with van der Waals surface area (Å²) in [4.78, 5) is 21.9. The lowest BCUT2D eigenvalue weighted by Gasteiger charge is -2.19. The van der Waals surface area contributed by atoms with Crippen molar-refractivity contribution in [2.75, 3.05) is 33.3 Å². The number of hydrogen-bond acceptors (Lipinski definition) is 5. The average molecular weight is 393 g/mol. The van der Waals surface area contributed by atoms with Crippen LogP contribution in [0.3, 0.4) is 0 Å². The van der Waals surface area contributed by atoms with Gasteiger partial charge in [-0.1, -0.05) is 18.2 Å². The van der Waals surface area contributed by atoms with Crippen molar-refractivity contribution < 1.29 is 9.90 Å². The number of para-hydroxylation sites is 1. The number of likely N-dealkylation sites (tertiary alicyclic amines) is 1. The molecule has 0 unspecified atom stereocenters. The van der Waals surface area contributed by atoms with Crippen LogP contribution in [0.4, 0.5) is 0 Å². The lowest BCUT2D eigenvalue weighted by Crippen LogP contribution is -2.30. The highest BCUT2D eigenvalue weighted by molar-refractivity contribution is 6.06. The van der Waals surface area contributed by atoms with Crippen LogP contribution < -0.4 is 0 Å². The molecule has 1 aliphatic rings. The van der Waals surface area contributed by atoms with Gasteiger partial charge in [-0.2, -0.15) is 5.10 Å². The van der Waals surface area contributed by atoms with Gasteiger partial charge in [0.2, 0.25) is 0 Å². The SMILES string of the molecule is CN(CCO)C(=O)c1cc([C@H]2CCN(Cc3ccnn3C)C2)nc2ccccc12. The van der Waals surface area contributed by atoms with E-state index in [9.17, 15) is 9.90 Å². The number of amides is 1. The van der Waals surface area contributed by atoms with Gasteiger partial charge in [0.1, 0.15) is 0 Å². The second-order valence-electron chi connectivity index (χ2n) is 7.73. The highest BCUT2D eigenvalue weighted by Crippen LogP contribution is 2.30. The fourth-order valence-electron chi connectivity index (χ4n) is 4.04. The van der Waals surface area contributed by atoms with Gasteiger partial charge in [0.25, 0.3) is 5.91 Å². The monoisotopic (exact) mass is 393 g/mol. The Kier molecular flexibility index (Phi) is 5.60. The number of rotatable bonds is 6. The molecule has 7 heteroatoms. The van der Waals surface area contributed by atoms with Crippen molar-refractivity contribution in [3.8, 4) is 0 Å². The molecule has 3 heterocycles. The van der Waals surface area contributed by atoms with Crippen LogP contribution in [-0.4, -0.2) is 68.9 Å². The first kappa shape index (κ1) is 19.5. The highest BCUT2D eigenvalue weighted by atomic mass is 16.3. The third-order valence-electron chi connectivity index (χ3n) is 5.75. The summed E-state index contributed by atoms with van der Waals surface area (Å²) < 4.78 is 1.91. The van der Waals surface area contributed by atoms with Crippen LogP contribution in [0.25, 0.3) is 10.9 Å². The third kappa shape index (κ3) is 4.02. The Bertz CT molecular complexity index is 1020. The van der Waals surface area contributed by atoms with E-state index in [0.29, 0.717) is 18.0 Å². The summed E-state index contributed by atoms with van der Waals surface area (Å²) in [5.74, 6) is 0.214. The van der Waals surface area contributed by atoms with Crippen LogP contribution in [0.2, 0.25) is 0 Å². The minimum Gasteiger partial charge on any atom is -0.395 e. The molecule has 29 heavy (non-hydrogen) atoms. The second-order valence-corrected chi connectivity index (χ2v) is 7.73. The van der Waals surface area contributed by atoms with Gasteiger partial charge < -0.3 is 10.0 Å². The van der Waals surface area contributed by atoms with Crippen molar-refractivity contribution in [2.45, 2.75) is 18.9 Å². The molecule has 1 N–H and O–H groups in total. The molecule has 152 valence electrons. The predicted molar refractivity (Wildman–Crippen MR) is 112 cm³/mol. The molecule has 4 rings (SSSR count). The van der Waals surface area contributed by atoms with Crippen molar-refractivity contribution in [1.29, 1.82) is 0 Å². The topological polar surface area (TPSA) is 74.5 Å². The van der Waals surface area contributed by atoms with Crippen molar-refractivity contribution in [3.63, 3.8) is 0 Å². The molecule has 1 aromatic carbocycles. The Balaban J connectivity index is 1.61. The number of carbonyl (C=O) groups is 1. The van der Waals surface area contributed by atoms with Gasteiger partial charge in [0.15, 0.2) is 0 Å². The number of nitrogens with zero attached hydrogens (tertiary/aromatic N) is 5. The van der Waals surface area contributed by atoms with Crippen molar-refractivity contribution in [2.24, 2.45) is 7.05 Å². The number of pyridine rings is 1. The first-order valence-corrected chi connectivity index (χ1v) is 10.0. The molecular weight excluding hydrogens is 366 g/mol. The van der Waals surface area contributed by atoms with Crippen molar-refractivity contribution in [1.82, 2.24) is 24.6 Å². The Morgan fingerprint density at radius 3 is 2.90 bits per heavy atom. The summed E-state index contributed by atoms with van der Waals surface area (Å²) >= 11 is 0. The van der Waals surface area contributed by atoms with Crippen LogP contribution in [0, 0.1) is 0 Å². The molecule has 0 bridgehead atoms. The van der Waals surface area contributed by atoms with E-state index in [1.54, 1.807) is 11.9 Å². The molecule has 7 nitrogen and oxygen atoms in total. The van der Waals surface area contributed by atoms with E-state index >= 15 is 0 Å². The first-order chi connectivity index (χ1) is 14.1. The molecule has 1 atom stereocenters. The Hall–Kier alpha value is -2.77. The van der Waals surface area contributed by atoms with Gasteiger partial charge in [-0.05, 0) is 31.2 Å². The molecule has 3 aromatic rings. The molecule has 1 saturated heterocycles. The summed E-state index contributed by atoms with van der Waals surface area (Å²) in [6.45, 7) is 3.04. The quantitative estimate of drug-likeness (QED) is 0.694. The van der Waals surface area contributed by atoms with Crippen LogP contribution >= 0.6 is 0 Å². The van der Waals surface area contributed by atoms with E-state index in [0.717, 1.165) is 42.7 Å². The Labute approximate surface area is 170 Å². The fourth-order valence-corrected chi connectivity index (χ4v) is 4.04. The van der Waals surface area contributed by atoms with Crippen LogP contribution in [0.1, 0.15) is 34.1 Å². The zero-order valence-electron chi connectivity index (χ0n) is 17.0. The van der Waals surface area contributed by atoms with E-state index in [2.05, 4.69) is 16.1 Å². The Morgan fingerprint density at radius 2 is 2.14 bits per heavy atom. The molecule has 1 aliphatic heterocycles. The van der Waals surface area contributed by atoms with Gasteiger partial charge >= 0.3 is 0 Å². The normalized spacial score (nSPS) is 17.1. The number of likely N-dealkylation sites (N-methyl/N-ethyl adjacent to an activating group) is 1. The van der Waals surface area contributed by atoms with E-state index < -0.39 is 0 Å². The van der Waals surface area contributed by atoms with Crippen molar-refractivity contribution in [3.05, 3.63) is 59.5 Å². The molecule has 1 fully saturated rings. The Morgan fingerprint density at radius 1 is 1.31 bits per heavy atom. The van der Waals surface area contributed by atoms with Gasteiger partial charge in [-0.15, -0.1) is 0 Å². The molecule has 0 saturated carbocycles. The molecule has 0 spiro atoms. The van der Waals surface area contributed by atoms with Gasteiger partial charge in [-0.25, -0.2) is 0 Å². The van der Waals surface area contributed by atoms with Crippen LogP contribution in [0.15, 0.2) is 42.6 Å². The van der Waals surface area contributed by atoms with E-state index in [1.165, 1.54) is 5.69 Å². The van der Waals surface area contributed by atoms with Crippen LogP contribution in [0.5, 0.6) is 0 Å². The summed E-state index contributed by atoms with van der Waals surface area (Å²) in [5, 5.41) is 14.3. The minimum atomic E-state index is -0.0800. The zero-order chi connectivity index (χ0) is 20.4. The third-order valence-corrected chi connectivity index (χ3v) is 5.75. The largest absolute Gasteiger partial charge is 0.395 e. The molecule has 0 radical (unpaired) electrons. The lowest BCUT2D eigenvalue weighted by atomic mass is 9.99. The smallest absolute Gasteiger partial charge is 0.254 e. The zero-order valence-corrected chi connectivity index (χ0v) is 17.0. The van der Waals surface area contributed by atoms with E-state index in [4.69, 9.17) is 4.98 Å². The summed E-state index contributed by atoms with van der Waals surface area (Å²) in [6, 6.07) is 11.8. The van der Waals surface area contributed by atoms with Crippen LogP contribution in [-0.2, 0) is 13.6 Å². The lowest BCUT2D eigenvalue weighted by molar-refractivity contribution is 0.0768. The number of aryl methyl sites for hydroxylation is 1. The number of hydrogen-bond donors (Lipinski definition) is 1. The number of benzene rings is 1. The average Bonchev–Trinajstić information content (AvgIpc) is 3.36. The minimum absolute atomic E-state index is 0.0519. The summed E-state index contributed by atoms with van der Waals surface area (Å²) in [5.41, 5.74) is 3.66. The number of fused-ring (bicyclic) bond motifs is 1. The van der Waals surface area contributed by atoms with Gasteiger partial charge in [0.05, 0.1) is 23.4 Å². The predicted octanol–water partition coefficient (Wildman–Crippen LogP) is 2.02. The summed E-state index contributed by atoms with van der Waals surface area (Å²) in [7, 11) is 3.69. The number of carbonyl (C=O) groups excluding carboxylic acids is 1. The number of aliphatic hydroxyl groups excluding tert-OH is 1. The van der Waals surface area contributed by atoms with E-state index in [-0.39, 0.29) is 12.5 Å². The maximum Gasteiger partial charge on any atom is 0.254 e. The van der Waals surface area contributed by atoms with Gasteiger partial charge in [0, 0.05) is 56.9 Å². The molecule has 0 aliphatic carbocycles. The highest BCUT2D eigenvalue weighted by Gasteiger charge is 2.27. The fraction of sp³-hybridized carbons (Fsp3) is 0.409. The molecule has 2 aromatic heterocycles. The van der Waals surface area contributed by atoms with E-state index in [1.807, 2.05) is 48.3 Å². The maximum absolute atomic E-state index is 13.0. The molecule has 1 amide bonds. The number of aliphatic hydroxyl groups is 1. The van der Waals surface area contributed by atoms with Gasteiger partial charge in [-0.3, -0.25) is 19.4 Å². The first-order valence-electron chi connectivity index (χ1n) is 10.0. The second kappa shape index (κ2) is 8.31. The standard InChI is InChI=1S/C22H27N5O2/c1-25(11-12-28)22(29)19-13-21(24-20-6-4-3-5-18(19)20)16-8-10-27(14-16)15-17-7-9-23-26(17)2/h3-7,9,13,16,28H,8,10-12,14-15H2,1-2H3/t16-/m0/s1.